The third-order valence-electron chi connectivity index (χ3n) is 3.97. The highest BCUT2D eigenvalue weighted by atomic mass is 32.2. The minimum Gasteiger partial charge on any atom is -0.229 e. The van der Waals surface area contributed by atoms with E-state index >= 15 is 0 Å². The summed E-state index contributed by atoms with van der Waals surface area (Å²) >= 11 is 0. The SMILES string of the molecule is CCCCCCCCCCCCS(=O)(=O)C(C)CC. The van der Waals surface area contributed by atoms with Gasteiger partial charge in [0.1, 0.15) is 0 Å². The molecule has 1 unspecified atom stereocenters. The van der Waals surface area contributed by atoms with Crippen molar-refractivity contribution in [3.63, 3.8) is 0 Å². The van der Waals surface area contributed by atoms with E-state index in [-0.39, 0.29) is 5.25 Å². The van der Waals surface area contributed by atoms with E-state index in [9.17, 15) is 8.42 Å². The number of hydrogen-bond acceptors (Lipinski definition) is 2. The van der Waals surface area contributed by atoms with E-state index in [1.165, 1.54) is 51.4 Å². The van der Waals surface area contributed by atoms with Crippen LogP contribution in [-0.2, 0) is 9.84 Å². The quantitative estimate of drug-likeness (QED) is 0.441. The largest absolute Gasteiger partial charge is 0.229 e. The Morgan fingerprint density at radius 2 is 1.16 bits per heavy atom. The molecule has 0 aliphatic heterocycles. The lowest BCUT2D eigenvalue weighted by atomic mass is 10.1. The lowest BCUT2D eigenvalue weighted by Crippen LogP contribution is -2.20. The summed E-state index contributed by atoms with van der Waals surface area (Å²) in [5.41, 5.74) is 0. The fourth-order valence-corrected chi connectivity index (χ4v) is 3.76. The molecular formula is C16H34O2S. The average Bonchev–Trinajstić information content (AvgIpc) is 2.39. The standard InChI is InChI=1S/C16H34O2S/c1-4-6-7-8-9-10-11-12-13-14-15-19(17,18)16(3)5-2/h16H,4-15H2,1-3H3. The molecule has 0 amide bonds. The van der Waals surface area contributed by atoms with Crippen LogP contribution in [-0.4, -0.2) is 19.4 Å². The molecule has 1 atom stereocenters. The van der Waals surface area contributed by atoms with E-state index in [0.29, 0.717) is 5.75 Å². The molecule has 0 rings (SSSR count). The van der Waals surface area contributed by atoms with Gasteiger partial charge in [0.25, 0.3) is 0 Å². The highest BCUT2D eigenvalue weighted by Gasteiger charge is 2.17. The van der Waals surface area contributed by atoms with Crippen LogP contribution in [0.25, 0.3) is 0 Å². The fourth-order valence-electron chi connectivity index (χ4n) is 2.25. The van der Waals surface area contributed by atoms with E-state index in [4.69, 9.17) is 0 Å². The molecule has 0 saturated heterocycles. The van der Waals surface area contributed by atoms with Crippen molar-refractivity contribution in [1.82, 2.24) is 0 Å². The van der Waals surface area contributed by atoms with Gasteiger partial charge in [-0.3, -0.25) is 0 Å². The summed E-state index contributed by atoms with van der Waals surface area (Å²) in [7, 11) is -2.82. The van der Waals surface area contributed by atoms with Gasteiger partial charge in [0.2, 0.25) is 0 Å². The summed E-state index contributed by atoms with van der Waals surface area (Å²) in [4.78, 5) is 0. The monoisotopic (exact) mass is 290 g/mol. The first kappa shape index (κ1) is 18.9. The van der Waals surface area contributed by atoms with E-state index in [1.807, 2.05) is 13.8 Å². The Bertz CT molecular complexity index is 283. The van der Waals surface area contributed by atoms with Gasteiger partial charge in [-0.1, -0.05) is 71.6 Å². The average molecular weight is 291 g/mol. The van der Waals surface area contributed by atoms with Crippen molar-refractivity contribution in [2.45, 2.75) is 96.7 Å². The lowest BCUT2D eigenvalue weighted by molar-refractivity contribution is 0.554. The third-order valence-corrected chi connectivity index (χ3v) is 6.39. The second-order valence-corrected chi connectivity index (χ2v) is 8.31. The van der Waals surface area contributed by atoms with Crippen LogP contribution in [0.4, 0.5) is 0 Å². The van der Waals surface area contributed by atoms with E-state index in [0.717, 1.165) is 19.3 Å². The maximum Gasteiger partial charge on any atom is 0.152 e. The van der Waals surface area contributed by atoms with Gasteiger partial charge in [-0.15, -0.1) is 0 Å². The molecule has 0 fully saturated rings. The van der Waals surface area contributed by atoms with Crippen molar-refractivity contribution in [3.8, 4) is 0 Å². The van der Waals surface area contributed by atoms with Crippen LogP contribution in [0.1, 0.15) is 91.4 Å². The molecule has 19 heavy (non-hydrogen) atoms. The predicted molar refractivity (Wildman–Crippen MR) is 85.4 cm³/mol. The summed E-state index contributed by atoms with van der Waals surface area (Å²) in [5, 5.41) is -0.161. The summed E-state index contributed by atoms with van der Waals surface area (Å²) in [5.74, 6) is 0.387. The van der Waals surface area contributed by atoms with Crippen LogP contribution in [0.2, 0.25) is 0 Å². The fraction of sp³-hybridized carbons (Fsp3) is 1.00. The molecule has 116 valence electrons. The van der Waals surface area contributed by atoms with Crippen LogP contribution < -0.4 is 0 Å². The minimum atomic E-state index is -2.82. The molecule has 0 N–H and O–H groups in total. The van der Waals surface area contributed by atoms with E-state index in [1.54, 1.807) is 0 Å². The number of hydrogen-bond donors (Lipinski definition) is 0. The van der Waals surface area contributed by atoms with Crippen molar-refractivity contribution in [2.24, 2.45) is 0 Å². The molecule has 0 aromatic carbocycles. The number of sulfone groups is 1. The van der Waals surface area contributed by atoms with Gasteiger partial charge in [0.05, 0.1) is 11.0 Å². The van der Waals surface area contributed by atoms with Gasteiger partial charge in [0.15, 0.2) is 9.84 Å². The zero-order valence-electron chi connectivity index (χ0n) is 13.3. The minimum absolute atomic E-state index is 0.161. The Morgan fingerprint density at radius 1 is 0.737 bits per heavy atom. The smallest absolute Gasteiger partial charge is 0.152 e. The normalized spacial score (nSPS) is 13.6. The summed E-state index contributed by atoms with van der Waals surface area (Å²) in [6, 6.07) is 0. The molecule has 0 aromatic heterocycles. The third kappa shape index (κ3) is 10.4. The van der Waals surface area contributed by atoms with Crippen LogP contribution in [0.15, 0.2) is 0 Å². The van der Waals surface area contributed by atoms with Gasteiger partial charge in [0, 0.05) is 0 Å². The summed E-state index contributed by atoms with van der Waals surface area (Å²) in [6.07, 6.45) is 13.2. The molecule has 0 spiro atoms. The summed E-state index contributed by atoms with van der Waals surface area (Å²) < 4.78 is 23.6. The van der Waals surface area contributed by atoms with Gasteiger partial charge in [-0.25, -0.2) is 8.42 Å². The van der Waals surface area contributed by atoms with Gasteiger partial charge in [-0.2, -0.15) is 0 Å². The Kier molecular flexibility index (Phi) is 11.7. The maximum atomic E-state index is 11.8. The van der Waals surface area contributed by atoms with Crippen molar-refractivity contribution in [2.75, 3.05) is 5.75 Å². The van der Waals surface area contributed by atoms with Crippen LogP contribution in [0, 0.1) is 0 Å². The van der Waals surface area contributed by atoms with Crippen LogP contribution in [0.5, 0.6) is 0 Å². The Morgan fingerprint density at radius 3 is 1.58 bits per heavy atom. The predicted octanol–water partition coefficient (Wildman–Crippen LogP) is 5.12. The van der Waals surface area contributed by atoms with E-state index in [2.05, 4.69) is 6.92 Å². The molecule has 0 aromatic rings. The zero-order chi connectivity index (χ0) is 14.6. The molecule has 0 heterocycles. The summed E-state index contributed by atoms with van der Waals surface area (Å²) in [6.45, 7) is 6.01. The first-order chi connectivity index (χ1) is 9.04. The van der Waals surface area contributed by atoms with Crippen LogP contribution >= 0.6 is 0 Å². The highest BCUT2D eigenvalue weighted by molar-refractivity contribution is 7.91. The molecule has 0 bridgehead atoms. The molecule has 3 heteroatoms. The molecular weight excluding hydrogens is 256 g/mol. The topological polar surface area (TPSA) is 34.1 Å². The number of rotatable bonds is 13. The number of unbranched alkanes of at least 4 members (excludes halogenated alkanes) is 9. The highest BCUT2D eigenvalue weighted by Crippen LogP contribution is 2.13. The first-order valence-electron chi connectivity index (χ1n) is 8.26. The molecule has 0 aliphatic rings. The second kappa shape index (κ2) is 11.7. The van der Waals surface area contributed by atoms with Gasteiger partial charge < -0.3 is 0 Å². The second-order valence-electron chi connectivity index (χ2n) is 5.77. The maximum absolute atomic E-state index is 11.8. The van der Waals surface area contributed by atoms with Crippen molar-refractivity contribution in [1.29, 1.82) is 0 Å². The first-order valence-corrected chi connectivity index (χ1v) is 9.97. The van der Waals surface area contributed by atoms with E-state index < -0.39 is 9.84 Å². The lowest BCUT2D eigenvalue weighted by Gasteiger charge is -2.10. The van der Waals surface area contributed by atoms with Crippen LogP contribution in [0.3, 0.4) is 0 Å². The molecule has 0 saturated carbocycles. The Hall–Kier alpha value is -0.0500. The molecule has 2 nitrogen and oxygen atoms in total. The Balaban J connectivity index is 3.36. The molecule has 0 radical (unpaired) electrons. The molecule has 0 aliphatic carbocycles. The van der Waals surface area contributed by atoms with Crippen molar-refractivity contribution < 1.29 is 8.42 Å². The van der Waals surface area contributed by atoms with Crippen molar-refractivity contribution in [3.05, 3.63) is 0 Å². The Labute approximate surface area is 121 Å². The van der Waals surface area contributed by atoms with Gasteiger partial charge >= 0.3 is 0 Å². The van der Waals surface area contributed by atoms with Gasteiger partial charge in [-0.05, 0) is 19.8 Å². The van der Waals surface area contributed by atoms with Crippen molar-refractivity contribution >= 4 is 9.84 Å². The zero-order valence-corrected chi connectivity index (χ0v) is 14.1.